The standard InChI is InChI=1S/C11H13ClN4/c1-7-5-4-6-8(9(7)12)10-14-15-11(13-2)16(10)3/h4-6H,1-3H3,(H,13,15). The van der Waals surface area contributed by atoms with Crippen molar-refractivity contribution in [2.45, 2.75) is 6.92 Å². The van der Waals surface area contributed by atoms with Crippen LogP contribution in [0.1, 0.15) is 5.56 Å². The van der Waals surface area contributed by atoms with Gasteiger partial charge < -0.3 is 5.32 Å². The maximum atomic E-state index is 6.25. The fourth-order valence-corrected chi connectivity index (χ4v) is 1.81. The van der Waals surface area contributed by atoms with Crippen LogP contribution in [0.3, 0.4) is 0 Å². The predicted molar refractivity (Wildman–Crippen MR) is 65.7 cm³/mol. The van der Waals surface area contributed by atoms with E-state index in [-0.39, 0.29) is 0 Å². The Hall–Kier alpha value is -1.55. The number of hydrogen-bond donors (Lipinski definition) is 1. The number of nitrogens with zero attached hydrogens (tertiary/aromatic N) is 3. The molecule has 0 atom stereocenters. The normalized spacial score (nSPS) is 10.5. The van der Waals surface area contributed by atoms with Crippen LogP contribution in [-0.2, 0) is 7.05 Å². The minimum atomic E-state index is 0.715. The van der Waals surface area contributed by atoms with Gasteiger partial charge in [0.15, 0.2) is 5.82 Å². The molecular weight excluding hydrogens is 224 g/mol. The van der Waals surface area contributed by atoms with Crippen molar-refractivity contribution in [1.82, 2.24) is 14.8 Å². The van der Waals surface area contributed by atoms with Crippen molar-refractivity contribution in [3.8, 4) is 11.4 Å². The maximum absolute atomic E-state index is 6.25. The Balaban J connectivity index is 2.59. The summed E-state index contributed by atoms with van der Waals surface area (Å²) in [6.45, 7) is 1.97. The SMILES string of the molecule is CNc1nnc(-c2cccc(C)c2Cl)n1C. The molecule has 1 heterocycles. The maximum Gasteiger partial charge on any atom is 0.224 e. The van der Waals surface area contributed by atoms with E-state index in [4.69, 9.17) is 11.6 Å². The molecule has 0 fully saturated rings. The summed E-state index contributed by atoms with van der Waals surface area (Å²) in [4.78, 5) is 0. The first-order valence-electron chi connectivity index (χ1n) is 4.97. The van der Waals surface area contributed by atoms with E-state index >= 15 is 0 Å². The van der Waals surface area contributed by atoms with Crippen LogP contribution in [0.4, 0.5) is 5.95 Å². The summed E-state index contributed by atoms with van der Waals surface area (Å²) in [6, 6.07) is 5.88. The van der Waals surface area contributed by atoms with Crippen LogP contribution in [0.5, 0.6) is 0 Å². The molecule has 0 saturated heterocycles. The molecule has 2 aromatic rings. The third-order valence-corrected chi connectivity index (χ3v) is 3.03. The van der Waals surface area contributed by atoms with Gasteiger partial charge in [-0.15, -0.1) is 10.2 Å². The average molecular weight is 237 g/mol. The Morgan fingerprint density at radius 3 is 2.69 bits per heavy atom. The van der Waals surface area contributed by atoms with Crippen molar-refractivity contribution >= 4 is 17.5 Å². The van der Waals surface area contributed by atoms with E-state index in [0.717, 1.165) is 22.0 Å². The highest BCUT2D eigenvalue weighted by Crippen LogP contribution is 2.29. The molecule has 1 aromatic heterocycles. The second-order valence-electron chi connectivity index (χ2n) is 3.59. The zero-order valence-corrected chi connectivity index (χ0v) is 10.2. The van der Waals surface area contributed by atoms with E-state index in [0.29, 0.717) is 5.95 Å². The van der Waals surface area contributed by atoms with Gasteiger partial charge in [-0.3, -0.25) is 4.57 Å². The Bertz CT molecular complexity index is 519. The van der Waals surface area contributed by atoms with Gasteiger partial charge in [0.2, 0.25) is 5.95 Å². The summed E-state index contributed by atoms with van der Waals surface area (Å²) in [5.41, 5.74) is 1.94. The molecule has 0 bridgehead atoms. The first kappa shape index (κ1) is 11.0. The smallest absolute Gasteiger partial charge is 0.224 e. The van der Waals surface area contributed by atoms with Crippen LogP contribution in [-0.4, -0.2) is 21.8 Å². The quantitative estimate of drug-likeness (QED) is 0.871. The van der Waals surface area contributed by atoms with Gasteiger partial charge in [0.05, 0.1) is 5.02 Å². The number of aryl methyl sites for hydroxylation is 1. The van der Waals surface area contributed by atoms with Gasteiger partial charge in [0, 0.05) is 19.7 Å². The number of aromatic nitrogens is 3. The van der Waals surface area contributed by atoms with Crippen molar-refractivity contribution in [2.75, 3.05) is 12.4 Å². The predicted octanol–water partition coefficient (Wildman–Crippen LogP) is 2.49. The van der Waals surface area contributed by atoms with Crippen molar-refractivity contribution in [1.29, 1.82) is 0 Å². The Labute approximate surface area is 99.3 Å². The molecular formula is C11H13ClN4. The van der Waals surface area contributed by atoms with Gasteiger partial charge in [0.1, 0.15) is 0 Å². The second kappa shape index (κ2) is 4.14. The molecule has 4 nitrogen and oxygen atoms in total. The minimum Gasteiger partial charge on any atom is -0.357 e. The number of benzene rings is 1. The number of halogens is 1. The molecule has 0 aliphatic rings. The van der Waals surface area contributed by atoms with E-state index in [9.17, 15) is 0 Å². The summed E-state index contributed by atoms with van der Waals surface area (Å²) in [5.74, 6) is 1.48. The van der Waals surface area contributed by atoms with Gasteiger partial charge in [-0.1, -0.05) is 23.7 Å². The first-order valence-corrected chi connectivity index (χ1v) is 5.35. The number of nitrogens with one attached hydrogen (secondary N) is 1. The zero-order valence-electron chi connectivity index (χ0n) is 9.45. The molecule has 0 spiro atoms. The second-order valence-corrected chi connectivity index (χ2v) is 3.97. The van der Waals surface area contributed by atoms with E-state index in [1.807, 2.05) is 43.8 Å². The topological polar surface area (TPSA) is 42.7 Å². The molecule has 16 heavy (non-hydrogen) atoms. The highest BCUT2D eigenvalue weighted by molar-refractivity contribution is 6.33. The van der Waals surface area contributed by atoms with Crippen LogP contribution in [0.25, 0.3) is 11.4 Å². The highest BCUT2D eigenvalue weighted by atomic mass is 35.5. The molecule has 2 rings (SSSR count). The number of anilines is 1. The lowest BCUT2D eigenvalue weighted by atomic mass is 10.1. The van der Waals surface area contributed by atoms with Crippen LogP contribution < -0.4 is 5.32 Å². The summed E-state index contributed by atoms with van der Waals surface area (Å²) >= 11 is 6.25. The summed E-state index contributed by atoms with van der Waals surface area (Å²) in [7, 11) is 3.71. The van der Waals surface area contributed by atoms with Gasteiger partial charge in [-0.25, -0.2) is 0 Å². The fourth-order valence-electron chi connectivity index (χ4n) is 1.60. The summed E-state index contributed by atoms with van der Waals surface area (Å²) in [5, 5.41) is 11.8. The van der Waals surface area contributed by atoms with Crippen molar-refractivity contribution in [3.63, 3.8) is 0 Å². The van der Waals surface area contributed by atoms with E-state index in [1.54, 1.807) is 0 Å². The molecule has 0 aliphatic heterocycles. The Kier molecular flexibility index (Phi) is 2.83. The third-order valence-electron chi connectivity index (χ3n) is 2.53. The average Bonchev–Trinajstić information content (AvgIpc) is 2.64. The largest absolute Gasteiger partial charge is 0.357 e. The minimum absolute atomic E-state index is 0.715. The molecule has 0 saturated carbocycles. The lowest BCUT2D eigenvalue weighted by Gasteiger charge is -2.06. The van der Waals surface area contributed by atoms with Gasteiger partial charge >= 0.3 is 0 Å². The fraction of sp³-hybridized carbons (Fsp3) is 0.273. The van der Waals surface area contributed by atoms with Gasteiger partial charge in [0.25, 0.3) is 0 Å². The van der Waals surface area contributed by atoms with Crippen LogP contribution in [0.2, 0.25) is 5.02 Å². The van der Waals surface area contributed by atoms with E-state index in [1.165, 1.54) is 0 Å². The summed E-state index contributed by atoms with van der Waals surface area (Å²) in [6.07, 6.45) is 0. The van der Waals surface area contributed by atoms with Crippen LogP contribution in [0, 0.1) is 6.92 Å². The molecule has 84 valence electrons. The molecule has 1 N–H and O–H groups in total. The Morgan fingerprint density at radius 1 is 1.31 bits per heavy atom. The van der Waals surface area contributed by atoms with Crippen molar-refractivity contribution in [2.24, 2.45) is 7.05 Å². The van der Waals surface area contributed by atoms with E-state index in [2.05, 4.69) is 15.5 Å². The number of hydrogen-bond acceptors (Lipinski definition) is 3. The van der Waals surface area contributed by atoms with Crippen LogP contribution >= 0.6 is 11.6 Å². The molecule has 0 radical (unpaired) electrons. The molecule has 5 heteroatoms. The molecule has 0 unspecified atom stereocenters. The number of rotatable bonds is 2. The van der Waals surface area contributed by atoms with Crippen molar-refractivity contribution in [3.05, 3.63) is 28.8 Å². The van der Waals surface area contributed by atoms with Gasteiger partial charge in [-0.2, -0.15) is 0 Å². The highest BCUT2D eigenvalue weighted by Gasteiger charge is 2.13. The summed E-state index contributed by atoms with van der Waals surface area (Å²) < 4.78 is 1.88. The van der Waals surface area contributed by atoms with Crippen LogP contribution in [0.15, 0.2) is 18.2 Å². The molecule has 1 aromatic carbocycles. The monoisotopic (exact) mass is 236 g/mol. The molecule has 0 aliphatic carbocycles. The Morgan fingerprint density at radius 2 is 2.06 bits per heavy atom. The first-order chi connectivity index (χ1) is 7.65. The van der Waals surface area contributed by atoms with Gasteiger partial charge in [-0.05, 0) is 18.6 Å². The van der Waals surface area contributed by atoms with E-state index < -0.39 is 0 Å². The molecule has 0 amide bonds. The lowest BCUT2D eigenvalue weighted by molar-refractivity contribution is 0.925. The zero-order chi connectivity index (χ0) is 11.7. The van der Waals surface area contributed by atoms with Crippen molar-refractivity contribution < 1.29 is 0 Å². The lowest BCUT2D eigenvalue weighted by Crippen LogP contribution is -2.00. The third kappa shape index (κ3) is 1.65.